The van der Waals surface area contributed by atoms with E-state index >= 15 is 0 Å². The van der Waals surface area contributed by atoms with E-state index in [2.05, 4.69) is 5.16 Å². The topological polar surface area (TPSA) is 72.3 Å². The van der Waals surface area contributed by atoms with Gasteiger partial charge in [0.25, 0.3) is 0 Å². The number of phenols is 1. The minimum absolute atomic E-state index is 0.00929. The van der Waals surface area contributed by atoms with Crippen molar-refractivity contribution in [3.63, 3.8) is 0 Å². The third-order valence-corrected chi connectivity index (χ3v) is 2.59. The fourth-order valence-corrected chi connectivity index (χ4v) is 1.45. The quantitative estimate of drug-likeness (QED) is 0.781. The number of aromatic nitrogens is 1. The van der Waals surface area contributed by atoms with Crippen LogP contribution in [0.15, 0.2) is 22.7 Å². The molecule has 1 aromatic heterocycles. The van der Waals surface area contributed by atoms with E-state index in [4.69, 9.17) is 21.9 Å². The van der Waals surface area contributed by atoms with Gasteiger partial charge >= 0.3 is 0 Å². The van der Waals surface area contributed by atoms with Gasteiger partial charge in [0, 0.05) is 11.6 Å². The third kappa shape index (κ3) is 1.64. The first-order valence-electron chi connectivity index (χ1n) is 4.30. The fraction of sp³-hybridized carbons (Fsp3) is 0.100. The van der Waals surface area contributed by atoms with Crippen LogP contribution in [0.1, 0.15) is 5.56 Å². The molecule has 2 aromatic rings. The molecule has 1 aromatic carbocycles. The third-order valence-electron chi connectivity index (χ3n) is 2.11. The highest BCUT2D eigenvalue weighted by Crippen LogP contribution is 2.36. The number of halogens is 1. The summed E-state index contributed by atoms with van der Waals surface area (Å²) in [6, 6.07) is 5.04. The molecule has 0 radical (unpaired) electrons. The molecule has 0 aliphatic heterocycles. The highest BCUT2D eigenvalue weighted by atomic mass is 35.5. The normalized spacial score (nSPS) is 10.5. The Hall–Kier alpha value is -1.68. The number of nitrogens with two attached hydrogens (primary N) is 1. The maximum Gasteiger partial charge on any atom is 0.222 e. The molecule has 0 spiro atoms. The van der Waals surface area contributed by atoms with Crippen molar-refractivity contribution < 1.29 is 9.63 Å². The van der Waals surface area contributed by atoms with Crippen molar-refractivity contribution in [2.24, 2.45) is 0 Å². The molecule has 15 heavy (non-hydrogen) atoms. The average Bonchev–Trinajstić information content (AvgIpc) is 2.61. The zero-order valence-electron chi connectivity index (χ0n) is 7.99. The minimum Gasteiger partial charge on any atom is -0.506 e. The lowest BCUT2D eigenvalue weighted by Crippen LogP contribution is -1.83. The monoisotopic (exact) mass is 224 g/mol. The predicted molar refractivity (Wildman–Crippen MR) is 57.8 cm³/mol. The lowest BCUT2D eigenvalue weighted by Gasteiger charge is -2.04. The van der Waals surface area contributed by atoms with E-state index in [1.807, 2.05) is 6.92 Å². The Bertz CT molecular complexity index is 508. The lowest BCUT2D eigenvalue weighted by atomic mass is 10.1. The van der Waals surface area contributed by atoms with Crippen LogP contribution in [0, 0.1) is 6.92 Å². The molecule has 5 heteroatoms. The molecule has 0 bridgehead atoms. The summed E-state index contributed by atoms with van der Waals surface area (Å²) in [5, 5.41) is 13.8. The van der Waals surface area contributed by atoms with E-state index in [0.29, 0.717) is 16.3 Å². The molecule has 2 rings (SSSR count). The highest BCUT2D eigenvalue weighted by Gasteiger charge is 2.13. The zero-order chi connectivity index (χ0) is 11.0. The minimum atomic E-state index is -0.00929. The van der Waals surface area contributed by atoms with Crippen LogP contribution in [0.2, 0.25) is 5.02 Å². The second-order valence-electron chi connectivity index (χ2n) is 3.21. The predicted octanol–water partition coefficient (Wildman–Crippen LogP) is 2.59. The lowest BCUT2D eigenvalue weighted by molar-refractivity contribution is 0.437. The molecule has 0 saturated heterocycles. The number of nitrogen functional groups attached to an aromatic ring is 1. The number of anilines is 1. The molecule has 1 heterocycles. The molecule has 0 saturated carbocycles. The molecule has 0 unspecified atom stereocenters. The van der Waals surface area contributed by atoms with Crippen LogP contribution in [0.5, 0.6) is 5.75 Å². The number of phenolic OH excluding ortho intramolecular Hbond substituents is 1. The molecule has 0 aliphatic carbocycles. The van der Waals surface area contributed by atoms with Crippen LogP contribution in [0.25, 0.3) is 11.3 Å². The number of aromatic hydroxyl groups is 1. The molecular weight excluding hydrogens is 216 g/mol. The Balaban J connectivity index is 2.59. The van der Waals surface area contributed by atoms with Gasteiger partial charge in [0.2, 0.25) is 5.88 Å². The van der Waals surface area contributed by atoms with Crippen molar-refractivity contribution in [3.8, 4) is 17.0 Å². The van der Waals surface area contributed by atoms with Crippen molar-refractivity contribution in [2.75, 3.05) is 5.73 Å². The van der Waals surface area contributed by atoms with Crippen LogP contribution in [-0.4, -0.2) is 10.3 Å². The second-order valence-corrected chi connectivity index (χ2v) is 3.59. The number of benzene rings is 1. The summed E-state index contributed by atoms with van der Waals surface area (Å²) in [5.74, 6) is 0.186. The summed E-state index contributed by atoms with van der Waals surface area (Å²) < 4.78 is 4.72. The van der Waals surface area contributed by atoms with Crippen LogP contribution in [0.3, 0.4) is 0 Å². The first-order chi connectivity index (χ1) is 7.09. The highest BCUT2D eigenvalue weighted by molar-refractivity contribution is 6.33. The van der Waals surface area contributed by atoms with Gasteiger partial charge in [0.15, 0.2) is 0 Å². The molecule has 3 N–H and O–H groups in total. The molecular formula is C10H9ClN2O2. The van der Waals surface area contributed by atoms with Gasteiger partial charge in [-0.05, 0) is 18.6 Å². The summed E-state index contributed by atoms with van der Waals surface area (Å²) in [7, 11) is 0. The van der Waals surface area contributed by atoms with Gasteiger partial charge in [-0.15, -0.1) is 0 Å². The van der Waals surface area contributed by atoms with Gasteiger partial charge < -0.3 is 15.4 Å². The van der Waals surface area contributed by atoms with E-state index in [1.54, 1.807) is 12.1 Å². The van der Waals surface area contributed by atoms with Crippen molar-refractivity contribution >= 4 is 17.5 Å². The van der Waals surface area contributed by atoms with Crippen molar-refractivity contribution in [1.82, 2.24) is 5.16 Å². The van der Waals surface area contributed by atoms with Crippen LogP contribution >= 0.6 is 11.6 Å². The summed E-state index contributed by atoms with van der Waals surface area (Å²) >= 11 is 5.90. The van der Waals surface area contributed by atoms with Crippen LogP contribution in [-0.2, 0) is 0 Å². The van der Waals surface area contributed by atoms with Gasteiger partial charge in [-0.3, -0.25) is 0 Å². The van der Waals surface area contributed by atoms with Gasteiger partial charge in [-0.2, -0.15) is 0 Å². The average molecular weight is 225 g/mol. The van der Waals surface area contributed by atoms with Crippen molar-refractivity contribution in [1.29, 1.82) is 0 Å². The summed E-state index contributed by atoms with van der Waals surface area (Å²) in [5.41, 5.74) is 7.16. The molecule has 78 valence electrons. The number of aryl methyl sites for hydroxylation is 1. The van der Waals surface area contributed by atoms with Crippen molar-refractivity contribution in [2.45, 2.75) is 6.92 Å². The van der Waals surface area contributed by atoms with Gasteiger partial charge in [0.1, 0.15) is 11.4 Å². The molecule has 0 fully saturated rings. The Labute approximate surface area is 91.3 Å². The van der Waals surface area contributed by atoms with Crippen molar-refractivity contribution in [3.05, 3.63) is 28.8 Å². The SMILES string of the molecule is Cc1ccc(-c2cc(N)on2)c(O)c1Cl. The largest absolute Gasteiger partial charge is 0.506 e. The maximum absolute atomic E-state index is 9.79. The van der Waals surface area contributed by atoms with E-state index < -0.39 is 0 Å². The molecule has 4 nitrogen and oxygen atoms in total. The standard InChI is InChI=1S/C10H9ClN2O2/c1-5-2-3-6(10(14)9(5)11)7-4-8(12)15-13-7/h2-4,14H,12H2,1H3. The Morgan fingerprint density at radius 2 is 2.20 bits per heavy atom. The molecule has 0 aliphatic rings. The van der Waals surface area contributed by atoms with E-state index in [-0.39, 0.29) is 11.6 Å². The number of hydrogen-bond donors (Lipinski definition) is 2. The van der Waals surface area contributed by atoms with Gasteiger partial charge in [0.05, 0.1) is 5.02 Å². The number of nitrogens with zero attached hydrogens (tertiary/aromatic N) is 1. The van der Waals surface area contributed by atoms with Crippen LogP contribution in [0.4, 0.5) is 5.88 Å². The van der Waals surface area contributed by atoms with Gasteiger partial charge in [-0.25, -0.2) is 0 Å². The van der Waals surface area contributed by atoms with Crippen LogP contribution < -0.4 is 5.73 Å². The molecule has 0 atom stereocenters. The maximum atomic E-state index is 9.79. The Kier molecular flexibility index (Phi) is 2.28. The fourth-order valence-electron chi connectivity index (χ4n) is 1.29. The summed E-state index contributed by atoms with van der Waals surface area (Å²) in [4.78, 5) is 0. The number of hydrogen-bond acceptors (Lipinski definition) is 4. The smallest absolute Gasteiger partial charge is 0.222 e. The van der Waals surface area contributed by atoms with E-state index in [1.165, 1.54) is 6.07 Å². The Morgan fingerprint density at radius 1 is 1.47 bits per heavy atom. The van der Waals surface area contributed by atoms with E-state index in [0.717, 1.165) is 5.56 Å². The summed E-state index contributed by atoms with van der Waals surface area (Å²) in [6.07, 6.45) is 0. The second kappa shape index (κ2) is 3.47. The Morgan fingerprint density at radius 3 is 2.80 bits per heavy atom. The van der Waals surface area contributed by atoms with Gasteiger partial charge in [-0.1, -0.05) is 22.8 Å². The number of rotatable bonds is 1. The first-order valence-corrected chi connectivity index (χ1v) is 4.68. The summed E-state index contributed by atoms with van der Waals surface area (Å²) in [6.45, 7) is 1.81. The molecule has 0 amide bonds. The zero-order valence-corrected chi connectivity index (χ0v) is 8.75. The van der Waals surface area contributed by atoms with E-state index in [9.17, 15) is 5.11 Å². The first kappa shape index (κ1) is 9.86.